The molecule has 0 radical (unpaired) electrons. The van der Waals surface area contributed by atoms with Crippen LogP contribution in [0.4, 0.5) is 0 Å². The van der Waals surface area contributed by atoms with E-state index in [1.165, 1.54) is 0 Å². The Balaban J connectivity index is 2.10. The predicted octanol–water partition coefficient (Wildman–Crippen LogP) is 5.86. The van der Waals surface area contributed by atoms with E-state index in [2.05, 4.69) is 0 Å². The van der Waals surface area contributed by atoms with Gasteiger partial charge in [0.25, 0.3) is 0 Å². The number of phenolic OH excluding ortho intramolecular Hbond substituents is 1. The number of hydrogen-bond acceptors (Lipinski definition) is 8. The van der Waals surface area contributed by atoms with Crippen LogP contribution in [-0.4, -0.2) is 54.9 Å². The molecule has 0 amide bonds. The summed E-state index contributed by atoms with van der Waals surface area (Å²) in [4.78, 5) is 0. The molecular weight excluding hydrogens is 488 g/mol. The molecule has 8 nitrogen and oxygen atoms in total. The number of rotatable bonds is 10. The van der Waals surface area contributed by atoms with Crippen molar-refractivity contribution in [1.29, 1.82) is 0 Å². The van der Waals surface area contributed by atoms with Crippen LogP contribution in [0.5, 0.6) is 46.0 Å². The second-order valence-electron chi connectivity index (χ2n) is 8.42. The van der Waals surface area contributed by atoms with Crippen LogP contribution in [0, 0.1) is 0 Å². The van der Waals surface area contributed by atoms with Crippen molar-refractivity contribution in [3.8, 4) is 57.1 Å². The highest BCUT2D eigenvalue weighted by atomic mass is 16.5. The number of phenols is 1. The maximum Gasteiger partial charge on any atom is 0.203 e. The lowest BCUT2D eigenvalue weighted by Crippen LogP contribution is -2.01. The van der Waals surface area contributed by atoms with Crippen molar-refractivity contribution in [1.82, 2.24) is 0 Å². The van der Waals surface area contributed by atoms with Gasteiger partial charge in [0, 0.05) is 34.6 Å². The van der Waals surface area contributed by atoms with Gasteiger partial charge < -0.3 is 38.3 Å². The standard InChI is InChI=1S/C30H32O8/c1-32-18-9-10-19(25(14-18)34-3)28-20-16-27(36-5)30(38-7)29(37-6)21(20)15-23(31)22(28)12-17-8-11-24(33-2)26(13-17)35-4/h8-11,13-16,31H,12H2,1-7H3. The fourth-order valence-electron chi connectivity index (χ4n) is 4.73. The average Bonchev–Trinajstić information content (AvgIpc) is 2.96. The largest absolute Gasteiger partial charge is 0.508 e. The van der Waals surface area contributed by atoms with Gasteiger partial charge in [-0.05, 0) is 47.3 Å². The van der Waals surface area contributed by atoms with Crippen LogP contribution in [0.1, 0.15) is 11.1 Å². The SMILES string of the molecule is COc1ccc(-c2c(Cc3ccc(OC)c(OC)c3)c(O)cc3c(OC)c(OC)c(OC)cc23)c(OC)c1. The Morgan fingerprint density at radius 2 is 1.24 bits per heavy atom. The van der Waals surface area contributed by atoms with Crippen LogP contribution in [-0.2, 0) is 6.42 Å². The van der Waals surface area contributed by atoms with Gasteiger partial charge in [0.15, 0.2) is 23.0 Å². The van der Waals surface area contributed by atoms with E-state index in [-0.39, 0.29) is 5.75 Å². The molecule has 1 N–H and O–H groups in total. The quantitative estimate of drug-likeness (QED) is 0.278. The van der Waals surface area contributed by atoms with Crippen molar-refractivity contribution < 1.29 is 38.3 Å². The van der Waals surface area contributed by atoms with E-state index in [0.717, 1.165) is 22.1 Å². The van der Waals surface area contributed by atoms with E-state index < -0.39 is 0 Å². The van der Waals surface area contributed by atoms with Gasteiger partial charge in [0.2, 0.25) is 5.75 Å². The van der Waals surface area contributed by atoms with Gasteiger partial charge in [-0.25, -0.2) is 0 Å². The summed E-state index contributed by atoms with van der Waals surface area (Å²) in [6, 6.07) is 14.8. The smallest absolute Gasteiger partial charge is 0.203 e. The van der Waals surface area contributed by atoms with E-state index in [0.29, 0.717) is 57.6 Å². The molecule has 0 aliphatic heterocycles. The minimum absolute atomic E-state index is 0.0886. The molecular formula is C30H32O8. The Morgan fingerprint density at radius 3 is 1.84 bits per heavy atom. The molecule has 0 aliphatic rings. The highest BCUT2D eigenvalue weighted by molar-refractivity contribution is 6.06. The van der Waals surface area contributed by atoms with Crippen LogP contribution < -0.4 is 33.2 Å². The van der Waals surface area contributed by atoms with Crippen molar-refractivity contribution in [2.24, 2.45) is 0 Å². The third-order valence-electron chi connectivity index (χ3n) is 6.54. The molecule has 200 valence electrons. The Kier molecular flexibility index (Phi) is 7.90. The molecule has 0 saturated heterocycles. The zero-order valence-electron chi connectivity index (χ0n) is 22.6. The predicted molar refractivity (Wildman–Crippen MR) is 146 cm³/mol. The first-order valence-electron chi connectivity index (χ1n) is 11.8. The Hall–Kier alpha value is -4.46. The first kappa shape index (κ1) is 26.6. The maximum absolute atomic E-state index is 11.5. The van der Waals surface area contributed by atoms with Crippen molar-refractivity contribution in [3.63, 3.8) is 0 Å². The highest BCUT2D eigenvalue weighted by Gasteiger charge is 2.25. The number of benzene rings is 4. The van der Waals surface area contributed by atoms with Gasteiger partial charge >= 0.3 is 0 Å². The fourth-order valence-corrected chi connectivity index (χ4v) is 4.73. The monoisotopic (exact) mass is 520 g/mol. The first-order chi connectivity index (χ1) is 18.4. The van der Waals surface area contributed by atoms with Crippen molar-refractivity contribution in [2.75, 3.05) is 49.8 Å². The molecule has 0 spiro atoms. The van der Waals surface area contributed by atoms with E-state index >= 15 is 0 Å². The number of aromatic hydroxyl groups is 1. The topological polar surface area (TPSA) is 84.8 Å². The minimum Gasteiger partial charge on any atom is -0.508 e. The number of fused-ring (bicyclic) bond motifs is 1. The Bertz CT molecular complexity index is 1460. The normalized spacial score (nSPS) is 10.7. The number of ether oxygens (including phenoxy) is 7. The van der Waals surface area contributed by atoms with Crippen LogP contribution in [0.15, 0.2) is 48.5 Å². The maximum atomic E-state index is 11.5. The van der Waals surface area contributed by atoms with Crippen LogP contribution >= 0.6 is 0 Å². The van der Waals surface area contributed by atoms with E-state index in [1.54, 1.807) is 55.8 Å². The zero-order valence-corrected chi connectivity index (χ0v) is 22.6. The molecule has 38 heavy (non-hydrogen) atoms. The molecule has 4 rings (SSSR count). The average molecular weight is 521 g/mol. The summed E-state index contributed by atoms with van der Waals surface area (Å²) in [5, 5.41) is 12.9. The third-order valence-corrected chi connectivity index (χ3v) is 6.54. The molecule has 4 aromatic carbocycles. The van der Waals surface area contributed by atoms with Gasteiger partial charge in [-0.1, -0.05) is 6.07 Å². The summed E-state index contributed by atoms with van der Waals surface area (Å²) in [7, 11) is 11.1. The van der Waals surface area contributed by atoms with E-state index in [9.17, 15) is 5.11 Å². The number of methoxy groups -OCH3 is 7. The number of hydrogen-bond donors (Lipinski definition) is 1. The second kappa shape index (κ2) is 11.3. The molecule has 0 bridgehead atoms. The third kappa shape index (κ3) is 4.65. The van der Waals surface area contributed by atoms with Gasteiger partial charge in [-0.2, -0.15) is 0 Å². The highest BCUT2D eigenvalue weighted by Crippen LogP contribution is 2.51. The van der Waals surface area contributed by atoms with E-state index in [4.69, 9.17) is 33.2 Å². The fraction of sp³-hybridized carbons (Fsp3) is 0.267. The Labute approximate surface area is 222 Å². The van der Waals surface area contributed by atoms with Crippen molar-refractivity contribution in [3.05, 3.63) is 59.7 Å². The second-order valence-corrected chi connectivity index (χ2v) is 8.42. The van der Waals surface area contributed by atoms with Crippen LogP contribution in [0.2, 0.25) is 0 Å². The molecule has 0 heterocycles. The van der Waals surface area contributed by atoms with Gasteiger partial charge in [0.1, 0.15) is 17.2 Å². The zero-order chi connectivity index (χ0) is 27.4. The molecule has 0 aromatic heterocycles. The van der Waals surface area contributed by atoms with E-state index in [1.807, 2.05) is 42.5 Å². The van der Waals surface area contributed by atoms with Crippen LogP contribution in [0.25, 0.3) is 21.9 Å². The van der Waals surface area contributed by atoms with Crippen LogP contribution in [0.3, 0.4) is 0 Å². The molecule has 0 aliphatic carbocycles. The summed E-state index contributed by atoms with van der Waals surface area (Å²) in [6.07, 6.45) is 0.392. The first-order valence-corrected chi connectivity index (χ1v) is 11.8. The summed E-state index contributed by atoms with van der Waals surface area (Å²) >= 11 is 0. The summed E-state index contributed by atoms with van der Waals surface area (Å²) in [5.74, 6) is 3.91. The summed E-state index contributed by atoms with van der Waals surface area (Å²) in [5.41, 5.74) is 3.12. The van der Waals surface area contributed by atoms with Crippen molar-refractivity contribution in [2.45, 2.75) is 6.42 Å². The molecule has 0 unspecified atom stereocenters. The molecule has 0 atom stereocenters. The molecule has 0 fully saturated rings. The van der Waals surface area contributed by atoms with Gasteiger partial charge in [-0.15, -0.1) is 0 Å². The molecule has 8 heteroatoms. The molecule has 4 aromatic rings. The van der Waals surface area contributed by atoms with Crippen molar-refractivity contribution >= 4 is 10.8 Å². The Morgan fingerprint density at radius 1 is 0.553 bits per heavy atom. The van der Waals surface area contributed by atoms with Gasteiger partial charge in [0.05, 0.1) is 49.8 Å². The molecule has 0 saturated carbocycles. The van der Waals surface area contributed by atoms with Gasteiger partial charge in [-0.3, -0.25) is 0 Å². The lowest BCUT2D eigenvalue weighted by molar-refractivity contribution is 0.327. The summed E-state index contributed by atoms with van der Waals surface area (Å²) < 4.78 is 39.1. The minimum atomic E-state index is 0.0886. The summed E-state index contributed by atoms with van der Waals surface area (Å²) in [6.45, 7) is 0. The lowest BCUT2D eigenvalue weighted by Gasteiger charge is -2.22. The lowest BCUT2D eigenvalue weighted by atomic mass is 9.88.